The molecule has 1 aromatic heterocycles. The molecule has 0 saturated carbocycles. The van der Waals surface area contributed by atoms with Gasteiger partial charge in [-0.1, -0.05) is 6.08 Å². The molecule has 2 nitrogen and oxygen atoms in total. The average molecular weight is 369 g/mol. The minimum Gasteiger partial charge on any atom is -0.326 e. The van der Waals surface area contributed by atoms with Gasteiger partial charge in [0.15, 0.2) is 0 Å². The SMILES string of the molecule is CC(N)C(c1cc(Br)cs1)N1CC=C(C(F)(F)F)CC1. The first-order valence-electron chi connectivity index (χ1n) is 6.29. The lowest BCUT2D eigenvalue weighted by Crippen LogP contribution is -2.42. The van der Waals surface area contributed by atoms with Gasteiger partial charge in [-0.25, -0.2) is 0 Å². The Hall–Kier alpha value is -0.370. The van der Waals surface area contributed by atoms with Gasteiger partial charge in [-0.3, -0.25) is 4.90 Å². The highest BCUT2D eigenvalue weighted by Gasteiger charge is 2.36. The lowest BCUT2D eigenvalue weighted by atomic mass is 10.0. The van der Waals surface area contributed by atoms with Crippen LogP contribution in [0.15, 0.2) is 27.6 Å². The fourth-order valence-electron chi connectivity index (χ4n) is 2.45. The van der Waals surface area contributed by atoms with Crippen LogP contribution in [0, 0.1) is 0 Å². The van der Waals surface area contributed by atoms with E-state index in [0.717, 1.165) is 9.35 Å². The third kappa shape index (κ3) is 3.63. The first-order chi connectivity index (χ1) is 9.29. The summed E-state index contributed by atoms with van der Waals surface area (Å²) in [6.07, 6.45) is -2.90. The Kier molecular flexibility index (Phi) is 4.94. The van der Waals surface area contributed by atoms with Crippen LogP contribution in [-0.4, -0.2) is 30.2 Å². The third-order valence-electron chi connectivity index (χ3n) is 3.38. The van der Waals surface area contributed by atoms with E-state index in [2.05, 4.69) is 15.9 Å². The second kappa shape index (κ2) is 6.17. The molecule has 1 aromatic rings. The molecule has 2 heterocycles. The number of halogens is 4. The molecule has 0 aliphatic carbocycles. The Balaban J connectivity index is 2.16. The number of alkyl halides is 3. The molecule has 2 unspecified atom stereocenters. The molecule has 1 aliphatic rings. The maximum Gasteiger partial charge on any atom is 0.412 e. The molecule has 112 valence electrons. The second-order valence-electron chi connectivity index (χ2n) is 4.94. The van der Waals surface area contributed by atoms with E-state index in [1.54, 1.807) is 11.3 Å². The highest BCUT2D eigenvalue weighted by Crippen LogP contribution is 2.35. The average Bonchev–Trinajstić information content (AvgIpc) is 2.75. The molecule has 0 fully saturated rings. The summed E-state index contributed by atoms with van der Waals surface area (Å²) in [5.41, 5.74) is 5.61. The predicted molar refractivity (Wildman–Crippen MR) is 78.7 cm³/mol. The van der Waals surface area contributed by atoms with Crippen LogP contribution in [0.25, 0.3) is 0 Å². The number of nitrogens with two attached hydrogens (primary N) is 1. The van der Waals surface area contributed by atoms with Crippen molar-refractivity contribution in [2.45, 2.75) is 31.6 Å². The van der Waals surface area contributed by atoms with Gasteiger partial charge in [0.05, 0.1) is 6.04 Å². The quantitative estimate of drug-likeness (QED) is 0.814. The van der Waals surface area contributed by atoms with Crippen molar-refractivity contribution in [3.05, 3.63) is 32.4 Å². The molecule has 2 atom stereocenters. The Morgan fingerprint density at radius 2 is 2.15 bits per heavy atom. The topological polar surface area (TPSA) is 29.3 Å². The van der Waals surface area contributed by atoms with E-state index in [-0.39, 0.29) is 25.0 Å². The maximum absolute atomic E-state index is 12.6. The van der Waals surface area contributed by atoms with Crippen molar-refractivity contribution in [2.75, 3.05) is 13.1 Å². The summed E-state index contributed by atoms with van der Waals surface area (Å²) < 4.78 is 38.9. The van der Waals surface area contributed by atoms with Crippen LogP contribution in [-0.2, 0) is 0 Å². The Labute approximate surface area is 128 Å². The summed E-state index contributed by atoms with van der Waals surface area (Å²) in [5.74, 6) is 0. The lowest BCUT2D eigenvalue weighted by Gasteiger charge is -2.36. The van der Waals surface area contributed by atoms with Crippen LogP contribution >= 0.6 is 27.3 Å². The van der Waals surface area contributed by atoms with Gasteiger partial charge >= 0.3 is 6.18 Å². The number of rotatable bonds is 3. The standard InChI is InChI=1S/C13H16BrF3N2S/c1-8(18)12(11-6-10(14)7-20-11)19-4-2-9(3-5-19)13(15,16)17/h2,6-8,12H,3-5,18H2,1H3. The molecule has 2 rings (SSSR count). The summed E-state index contributed by atoms with van der Waals surface area (Å²) in [5, 5.41) is 1.96. The van der Waals surface area contributed by atoms with Gasteiger partial charge in [0, 0.05) is 39.4 Å². The van der Waals surface area contributed by atoms with E-state index in [1.807, 2.05) is 23.3 Å². The largest absolute Gasteiger partial charge is 0.412 e. The minimum absolute atomic E-state index is 0.0270. The van der Waals surface area contributed by atoms with Gasteiger partial charge < -0.3 is 5.73 Å². The van der Waals surface area contributed by atoms with Gasteiger partial charge in [0.25, 0.3) is 0 Å². The number of nitrogens with zero attached hydrogens (tertiary/aromatic N) is 1. The lowest BCUT2D eigenvalue weighted by molar-refractivity contribution is -0.0964. The Bertz CT molecular complexity index is 496. The number of hydrogen-bond acceptors (Lipinski definition) is 3. The summed E-state index contributed by atoms with van der Waals surface area (Å²) in [6, 6.07) is 1.81. The second-order valence-corrected chi connectivity index (χ2v) is 6.80. The summed E-state index contributed by atoms with van der Waals surface area (Å²) in [6.45, 7) is 2.56. The zero-order valence-corrected chi connectivity index (χ0v) is 13.4. The smallest absolute Gasteiger partial charge is 0.326 e. The van der Waals surface area contributed by atoms with Crippen LogP contribution in [0.2, 0.25) is 0 Å². The molecule has 1 aliphatic heterocycles. The first-order valence-corrected chi connectivity index (χ1v) is 7.96. The molecule has 0 bridgehead atoms. The van der Waals surface area contributed by atoms with Crippen LogP contribution in [0.1, 0.15) is 24.3 Å². The van der Waals surface area contributed by atoms with Crippen molar-refractivity contribution >= 4 is 27.3 Å². The zero-order valence-electron chi connectivity index (χ0n) is 11.0. The van der Waals surface area contributed by atoms with E-state index in [4.69, 9.17) is 5.73 Å². The Morgan fingerprint density at radius 3 is 2.55 bits per heavy atom. The predicted octanol–water partition coefficient (Wildman–Crippen LogP) is 4.09. The van der Waals surface area contributed by atoms with Gasteiger partial charge in [0.1, 0.15) is 0 Å². The van der Waals surface area contributed by atoms with Crippen molar-refractivity contribution < 1.29 is 13.2 Å². The molecule has 0 aromatic carbocycles. The van der Waals surface area contributed by atoms with Crippen molar-refractivity contribution in [1.82, 2.24) is 4.90 Å². The van der Waals surface area contributed by atoms with Gasteiger partial charge in [-0.05, 0) is 35.3 Å². The molecular formula is C13H16BrF3N2S. The molecule has 0 spiro atoms. The van der Waals surface area contributed by atoms with E-state index < -0.39 is 11.7 Å². The van der Waals surface area contributed by atoms with Crippen LogP contribution in [0.4, 0.5) is 13.2 Å². The number of hydrogen-bond donors (Lipinski definition) is 1. The van der Waals surface area contributed by atoms with Gasteiger partial charge in [-0.15, -0.1) is 11.3 Å². The highest BCUT2D eigenvalue weighted by atomic mass is 79.9. The minimum atomic E-state index is -4.21. The van der Waals surface area contributed by atoms with E-state index in [9.17, 15) is 13.2 Å². The monoisotopic (exact) mass is 368 g/mol. The summed E-state index contributed by atoms with van der Waals surface area (Å²) in [4.78, 5) is 3.09. The van der Waals surface area contributed by atoms with E-state index in [0.29, 0.717) is 6.54 Å². The van der Waals surface area contributed by atoms with Crippen molar-refractivity contribution in [3.63, 3.8) is 0 Å². The summed E-state index contributed by atoms with van der Waals surface area (Å²) in [7, 11) is 0. The van der Waals surface area contributed by atoms with Crippen molar-refractivity contribution in [1.29, 1.82) is 0 Å². The molecule has 7 heteroatoms. The molecule has 2 N–H and O–H groups in total. The van der Waals surface area contributed by atoms with Crippen LogP contribution in [0.5, 0.6) is 0 Å². The zero-order chi connectivity index (χ0) is 14.9. The molecule has 0 radical (unpaired) electrons. The van der Waals surface area contributed by atoms with Gasteiger partial charge in [0.2, 0.25) is 0 Å². The fraction of sp³-hybridized carbons (Fsp3) is 0.538. The van der Waals surface area contributed by atoms with Crippen LogP contribution < -0.4 is 5.73 Å². The van der Waals surface area contributed by atoms with Crippen molar-refractivity contribution in [3.8, 4) is 0 Å². The Morgan fingerprint density at radius 1 is 1.45 bits per heavy atom. The summed E-state index contributed by atoms with van der Waals surface area (Å²) >= 11 is 4.97. The number of thiophene rings is 1. The fourth-order valence-corrected chi connectivity index (χ4v) is 4.14. The van der Waals surface area contributed by atoms with Crippen molar-refractivity contribution in [2.24, 2.45) is 5.73 Å². The van der Waals surface area contributed by atoms with Gasteiger partial charge in [-0.2, -0.15) is 13.2 Å². The normalized spacial score (nSPS) is 20.6. The molecular weight excluding hydrogens is 353 g/mol. The molecule has 20 heavy (non-hydrogen) atoms. The first kappa shape index (κ1) is 16.0. The van der Waals surface area contributed by atoms with E-state index >= 15 is 0 Å². The molecule has 0 amide bonds. The highest BCUT2D eigenvalue weighted by molar-refractivity contribution is 9.10. The maximum atomic E-state index is 12.6. The van der Waals surface area contributed by atoms with Crippen LogP contribution in [0.3, 0.4) is 0 Å². The molecule has 0 saturated heterocycles. The van der Waals surface area contributed by atoms with E-state index in [1.165, 1.54) is 6.08 Å². The third-order valence-corrected chi connectivity index (χ3v) is 5.14.